The summed E-state index contributed by atoms with van der Waals surface area (Å²) in [5.41, 5.74) is 2.07. The monoisotopic (exact) mass is 293 g/mol. The summed E-state index contributed by atoms with van der Waals surface area (Å²) < 4.78 is 5.99. The maximum absolute atomic E-state index is 5.79. The normalized spacial score (nSPS) is 14.1. The summed E-state index contributed by atoms with van der Waals surface area (Å²) >= 11 is 7.27. The van der Waals surface area contributed by atoms with Crippen LogP contribution in [0.1, 0.15) is 10.4 Å². The van der Waals surface area contributed by atoms with Crippen molar-refractivity contribution in [3.8, 4) is 0 Å². The molecule has 0 aliphatic carbocycles. The van der Waals surface area contributed by atoms with E-state index < -0.39 is 0 Å². The summed E-state index contributed by atoms with van der Waals surface area (Å²) in [6.45, 7) is 2.16. The minimum absolute atomic E-state index is 0.573. The van der Waals surface area contributed by atoms with Crippen LogP contribution in [0.3, 0.4) is 0 Å². The Bertz CT molecular complexity index is 594. The predicted molar refractivity (Wildman–Crippen MR) is 78.2 cm³/mol. The number of ether oxygens (including phenoxy) is 1. The Morgan fingerprint density at radius 1 is 1.32 bits per heavy atom. The molecule has 0 saturated carbocycles. The molecule has 0 fully saturated rings. The highest BCUT2D eigenvalue weighted by atomic mass is 35.5. The summed E-state index contributed by atoms with van der Waals surface area (Å²) in [7, 11) is 0. The Morgan fingerprint density at radius 2 is 2.16 bits per heavy atom. The Balaban J connectivity index is 1.62. The quantitative estimate of drug-likeness (QED) is 0.942. The lowest BCUT2D eigenvalue weighted by atomic mass is 10.2. The van der Waals surface area contributed by atoms with E-state index in [1.807, 2.05) is 24.3 Å². The second-order valence-electron chi connectivity index (χ2n) is 4.05. The van der Waals surface area contributed by atoms with Crippen molar-refractivity contribution >= 4 is 34.5 Å². The highest BCUT2D eigenvalue weighted by Crippen LogP contribution is 2.19. The first-order chi connectivity index (χ1) is 9.31. The maximum Gasteiger partial charge on any atom is 0.216 e. The largest absolute Gasteiger partial charge is 0.476 e. The van der Waals surface area contributed by atoms with E-state index in [9.17, 15) is 0 Å². The second-order valence-corrected chi connectivity index (χ2v) is 5.74. The van der Waals surface area contributed by atoms with Crippen LogP contribution in [0, 0.1) is 0 Å². The fourth-order valence-corrected chi connectivity index (χ4v) is 2.71. The number of aliphatic imine (C=N–C) groups is 1. The zero-order valence-corrected chi connectivity index (χ0v) is 11.7. The van der Waals surface area contributed by atoms with Crippen LogP contribution >= 0.6 is 22.9 Å². The topological polar surface area (TPSA) is 46.5 Å². The van der Waals surface area contributed by atoms with Gasteiger partial charge in [0, 0.05) is 22.3 Å². The van der Waals surface area contributed by atoms with Crippen molar-refractivity contribution in [2.45, 2.75) is 6.54 Å². The summed E-state index contributed by atoms with van der Waals surface area (Å²) in [5.74, 6) is 0.737. The molecule has 0 atom stereocenters. The average Bonchev–Trinajstić information content (AvgIpc) is 3.08. The molecule has 0 saturated heterocycles. The van der Waals surface area contributed by atoms with Gasteiger partial charge in [-0.3, -0.25) is 0 Å². The molecule has 4 nitrogen and oxygen atoms in total. The number of aromatic nitrogens is 1. The fourth-order valence-electron chi connectivity index (χ4n) is 1.79. The highest BCUT2D eigenvalue weighted by molar-refractivity contribution is 7.15. The average molecular weight is 294 g/mol. The Labute approximate surface area is 120 Å². The summed E-state index contributed by atoms with van der Waals surface area (Å²) in [6.07, 6.45) is 1.79. The lowest BCUT2D eigenvalue weighted by molar-refractivity contribution is 0.348. The molecule has 3 rings (SSSR count). The van der Waals surface area contributed by atoms with Crippen LogP contribution in [0.5, 0.6) is 0 Å². The number of benzene rings is 1. The van der Waals surface area contributed by atoms with Gasteiger partial charge in [0.15, 0.2) is 4.47 Å². The van der Waals surface area contributed by atoms with Crippen LogP contribution < -0.4 is 5.32 Å². The first-order valence-electron chi connectivity index (χ1n) is 5.93. The zero-order valence-electron chi connectivity index (χ0n) is 10.1. The minimum Gasteiger partial charge on any atom is -0.476 e. The number of thiazole rings is 1. The van der Waals surface area contributed by atoms with Gasteiger partial charge in [-0.25, -0.2) is 9.98 Å². The molecule has 1 aliphatic heterocycles. The van der Waals surface area contributed by atoms with E-state index in [1.54, 1.807) is 6.20 Å². The predicted octanol–water partition coefficient (Wildman–Crippen LogP) is 3.19. The zero-order chi connectivity index (χ0) is 13.1. The van der Waals surface area contributed by atoms with Crippen molar-refractivity contribution in [3.05, 3.63) is 45.4 Å². The van der Waals surface area contributed by atoms with Crippen LogP contribution in [0.4, 0.5) is 5.69 Å². The SMILES string of the molecule is Clc1ncc(CNc2ccc(C3=NCCO3)cc2)s1. The van der Waals surface area contributed by atoms with Crippen molar-refractivity contribution in [2.75, 3.05) is 18.5 Å². The fraction of sp³-hybridized carbons (Fsp3) is 0.231. The van der Waals surface area contributed by atoms with Crippen molar-refractivity contribution in [3.63, 3.8) is 0 Å². The number of nitrogens with one attached hydrogen (secondary N) is 1. The van der Waals surface area contributed by atoms with Crippen molar-refractivity contribution in [1.29, 1.82) is 0 Å². The standard InChI is InChI=1S/C13H12ClN3OS/c14-13-17-8-11(19-13)7-16-10-3-1-9(2-4-10)12-15-5-6-18-12/h1-4,8,16H,5-7H2. The molecule has 0 amide bonds. The minimum atomic E-state index is 0.573. The van der Waals surface area contributed by atoms with Gasteiger partial charge in [-0.2, -0.15) is 0 Å². The number of halogens is 1. The smallest absolute Gasteiger partial charge is 0.216 e. The van der Waals surface area contributed by atoms with E-state index in [-0.39, 0.29) is 0 Å². The first kappa shape index (κ1) is 12.4. The number of nitrogens with zero attached hydrogens (tertiary/aromatic N) is 2. The first-order valence-corrected chi connectivity index (χ1v) is 7.12. The molecule has 1 N–H and O–H groups in total. The molecular formula is C13H12ClN3OS. The molecule has 0 unspecified atom stereocenters. The van der Waals surface area contributed by atoms with E-state index in [2.05, 4.69) is 15.3 Å². The van der Waals surface area contributed by atoms with E-state index in [4.69, 9.17) is 16.3 Å². The molecular weight excluding hydrogens is 282 g/mol. The Morgan fingerprint density at radius 3 is 2.79 bits per heavy atom. The highest BCUT2D eigenvalue weighted by Gasteiger charge is 2.09. The van der Waals surface area contributed by atoms with Crippen LogP contribution in [0.15, 0.2) is 35.5 Å². The van der Waals surface area contributed by atoms with E-state index >= 15 is 0 Å². The molecule has 0 bridgehead atoms. The molecule has 6 heteroatoms. The molecule has 1 aromatic heterocycles. The van der Waals surface area contributed by atoms with E-state index in [0.717, 1.165) is 35.1 Å². The molecule has 1 aromatic carbocycles. The molecule has 2 heterocycles. The number of hydrogen-bond donors (Lipinski definition) is 1. The maximum atomic E-state index is 5.79. The third-order valence-electron chi connectivity index (χ3n) is 2.71. The van der Waals surface area contributed by atoms with Crippen LogP contribution in [-0.4, -0.2) is 24.0 Å². The third-order valence-corrected chi connectivity index (χ3v) is 3.82. The van der Waals surface area contributed by atoms with Gasteiger partial charge in [0.1, 0.15) is 6.61 Å². The number of hydrogen-bond acceptors (Lipinski definition) is 5. The summed E-state index contributed by atoms with van der Waals surface area (Å²) in [6, 6.07) is 8.04. The van der Waals surface area contributed by atoms with Crippen molar-refractivity contribution in [2.24, 2.45) is 4.99 Å². The van der Waals surface area contributed by atoms with Gasteiger partial charge < -0.3 is 10.1 Å². The summed E-state index contributed by atoms with van der Waals surface area (Å²) in [5, 5.41) is 3.32. The van der Waals surface area contributed by atoms with Gasteiger partial charge in [0.2, 0.25) is 5.90 Å². The molecule has 0 spiro atoms. The molecule has 19 heavy (non-hydrogen) atoms. The van der Waals surface area contributed by atoms with Crippen LogP contribution in [0.2, 0.25) is 4.47 Å². The van der Waals surface area contributed by atoms with Gasteiger partial charge in [0.05, 0.1) is 13.1 Å². The van der Waals surface area contributed by atoms with Gasteiger partial charge in [-0.05, 0) is 24.3 Å². The summed E-state index contributed by atoms with van der Waals surface area (Å²) in [4.78, 5) is 9.40. The van der Waals surface area contributed by atoms with E-state index in [1.165, 1.54) is 11.3 Å². The molecule has 0 radical (unpaired) electrons. The van der Waals surface area contributed by atoms with Gasteiger partial charge >= 0.3 is 0 Å². The van der Waals surface area contributed by atoms with Crippen molar-refractivity contribution in [1.82, 2.24) is 4.98 Å². The molecule has 1 aliphatic rings. The lowest BCUT2D eigenvalue weighted by Gasteiger charge is -2.06. The third kappa shape index (κ3) is 3.05. The van der Waals surface area contributed by atoms with Crippen LogP contribution in [-0.2, 0) is 11.3 Å². The Kier molecular flexibility index (Phi) is 3.66. The number of rotatable bonds is 4. The van der Waals surface area contributed by atoms with Crippen LogP contribution in [0.25, 0.3) is 0 Å². The number of anilines is 1. The Hall–Kier alpha value is -1.59. The second kappa shape index (κ2) is 5.59. The van der Waals surface area contributed by atoms with E-state index in [0.29, 0.717) is 11.1 Å². The van der Waals surface area contributed by atoms with Gasteiger partial charge in [-0.1, -0.05) is 11.6 Å². The van der Waals surface area contributed by atoms with Gasteiger partial charge in [-0.15, -0.1) is 11.3 Å². The van der Waals surface area contributed by atoms with Crippen molar-refractivity contribution < 1.29 is 4.74 Å². The molecule has 98 valence electrons. The van der Waals surface area contributed by atoms with Gasteiger partial charge in [0.25, 0.3) is 0 Å². The molecule has 2 aromatic rings. The lowest BCUT2D eigenvalue weighted by Crippen LogP contribution is -2.02.